The maximum Gasteiger partial charge on any atom is 0.219 e. The van der Waals surface area contributed by atoms with Gasteiger partial charge in [-0.05, 0) is 38.7 Å². The normalized spacial score (nSPS) is 14.7. The minimum Gasteiger partial charge on any atom is -0.492 e. The highest BCUT2D eigenvalue weighted by Gasteiger charge is 2.20. The topological polar surface area (TPSA) is 60.4 Å². The lowest BCUT2D eigenvalue weighted by Gasteiger charge is -2.36. The van der Waals surface area contributed by atoms with E-state index in [1.54, 1.807) is 6.92 Å². The van der Waals surface area contributed by atoms with Gasteiger partial charge in [0.1, 0.15) is 12.4 Å². The van der Waals surface area contributed by atoms with Crippen molar-refractivity contribution in [3.63, 3.8) is 0 Å². The lowest BCUT2D eigenvalue weighted by molar-refractivity contribution is -0.130. The van der Waals surface area contributed by atoms with Gasteiger partial charge in [-0.3, -0.25) is 4.79 Å². The highest BCUT2D eigenvalue weighted by molar-refractivity contribution is 14.0. The summed E-state index contributed by atoms with van der Waals surface area (Å²) < 4.78 is 5.81. The van der Waals surface area contributed by atoms with E-state index in [9.17, 15) is 4.79 Å². The zero-order chi connectivity index (χ0) is 19.6. The molecule has 2 rings (SSSR count). The van der Waals surface area contributed by atoms with Crippen molar-refractivity contribution < 1.29 is 9.53 Å². The molecule has 1 aliphatic heterocycles. The molecule has 158 valence electrons. The van der Waals surface area contributed by atoms with Crippen molar-refractivity contribution in [2.24, 2.45) is 4.99 Å². The molecule has 1 aliphatic rings. The smallest absolute Gasteiger partial charge is 0.219 e. The van der Waals surface area contributed by atoms with E-state index in [0.29, 0.717) is 13.2 Å². The first-order valence-corrected chi connectivity index (χ1v) is 9.65. The number of hydrogen-bond donors (Lipinski definition) is 1. The number of aliphatic imine (C=N–C) groups is 1. The zero-order valence-electron chi connectivity index (χ0n) is 17.5. The summed E-state index contributed by atoms with van der Waals surface area (Å²) in [6.07, 6.45) is 0. The van der Waals surface area contributed by atoms with Crippen LogP contribution in [0.15, 0.2) is 29.3 Å². The Bertz CT molecular complexity index is 631. The molecule has 0 saturated carbocycles. The van der Waals surface area contributed by atoms with Gasteiger partial charge in [-0.25, -0.2) is 4.99 Å². The average Bonchev–Trinajstić information content (AvgIpc) is 2.65. The summed E-state index contributed by atoms with van der Waals surface area (Å²) in [5.41, 5.74) is 1.12. The molecule has 0 unspecified atom stereocenters. The fourth-order valence-electron chi connectivity index (χ4n) is 2.90. The summed E-state index contributed by atoms with van der Waals surface area (Å²) in [6, 6.07) is 8.11. The van der Waals surface area contributed by atoms with Crippen molar-refractivity contribution in [1.29, 1.82) is 0 Å². The van der Waals surface area contributed by atoms with Gasteiger partial charge in [0.2, 0.25) is 5.91 Å². The number of rotatable bonds is 7. The third-order valence-electron chi connectivity index (χ3n) is 4.48. The first-order valence-electron chi connectivity index (χ1n) is 9.65. The molecule has 0 radical (unpaired) electrons. The molecule has 0 atom stereocenters. The number of ether oxygens (including phenoxy) is 1. The molecule has 0 aromatic heterocycles. The van der Waals surface area contributed by atoms with Crippen LogP contribution in [0, 0.1) is 0 Å². The molecule has 1 aromatic rings. The van der Waals surface area contributed by atoms with Crippen molar-refractivity contribution in [2.45, 2.75) is 20.4 Å². The van der Waals surface area contributed by atoms with Gasteiger partial charge in [0, 0.05) is 46.2 Å². The second-order valence-electron chi connectivity index (χ2n) is 6.96. The maximum absolute atomic E-state index is 11.5. The Balaban J connectivity index is 0.00000392. The van der Waals surface area contributed by atoms with E-state index in [0.717, 1.165) is 56.5 Å². The summed E-state index contributed by atoms with van der Waals surface area (Å²) in [5.74, 6) is 1.92. The van der Waals surface area contributed by atoms with Gasteiger partial charge in [-0.15, -0.1) is 24.0 Å². The second kappa shape index (κ2) is 12.8. The summed E-state index contributed by atoms with van der Waals surface area (Å²) in [4.78, 5) is 22.5. The van der Waals surface area contributed by atoms with Crippen molar-refractivity contribution >= 4 is 35.8 Å². The third kappa shape index (κ3) is 8.22. The lowest BCUT2D eigenvalue weighted by Crippen LogP contribution is -2.53. The van der Waals surface area contributed by atoms with Gasteiger partial charge < -0.3 is 24.8 Å². The number of piperazine rings is 1. The zero-order valence-corrected chi connectivity index (χ0v) is 19.8. The van der Waals surface area contributed by atoms with Gasteiger partial charge in [0.25, 0.3) is 0 Å². The lowest BCUT2D eigenvalue weighted by atomic mass is 10.2. The average molecular weight is 503 g/mol. The minimum absolute atomic E-state index is 0. The number of carbonyl (C=O) groups excluding carboxylic acids is 1. The Morgan fingerprint density at radius 1 is 1.21 bits per heavy atom. The second-order valence-corrected chi connectivity index (χ2v) is 6.96. The van der Waals surface area contributed by atoms with Crippen molar-refractivity contribution in [3.8, 4) is 5.75 Å². The molecule has 1 N–H and O–H groups in total. The number of nitrogens with zero attached hydrogens (tertiary/aromatic N) is 4. The molecule has 1 fully saturated rings. The number of carbonyl (C=O) groups is 1. The van der Waals surface area contributed by atoms with Crippen LogP contribution in [0.2, 0.25) is 0 Å². The predicted octanol–water partition coefficient (Wildman–Crippen LogP) is 1.87. The first-order chi connectivity index (χ1) is 13.0. The summed E-state index contributed by atoms with van der Waals surface area (Å²) >= 11 is 0. The quantitative estimate of drug-likeness (QED) is 0.350. The van der Waals surface area contributed by atoms with E-state index in [4.69, 9.17) is 9.73 Å². The Hall–Kier alpha value is -1.55. The van der Waals surface area contributed by atoms with Crippen LogP contribution in [-0.2, 0) is 11.3 Å². The highest BCUT2D eigenvalue weighted by atomic mass is 127. The summed E-state index contributed by atoms with van der Waals surface area (Å²) in [5, 5.41) is 3.36. The van der Waals surface area contributed by atoms with Crippen LogP contribution in [0.1, 0.15) is 19.4 Å². The monoisotopic (exact) mass is 503 g/mol. The standard InChI is InChI=1S/C20H33N5O2.HI/c1-5-21-20(25-11-9-24(10-12-25)17(2)26)22-16-18-7-6-8-19(15-18)27-14-13-23(3)4;/h6-8,15H,5,9-14,16H2,1-4H3,(H,21,22);1H. The number of benzene rings is 1. The summed E-state index contributed by atoms with van der Waals surface area (Å²) in [7, 11) is 4.07. The molecule has 1 amide bonds. The summed E-state index contributed by atoms with van der Waals surface area (Å²) in [6.45, 7) is 9.77. The van der Waals surface area contributed by atoms with Crippen LogP contribution in [-0.4, -0.2) is 86.5 Å². The van der Waals surface area contributed by atoms with Gasteiger partial charge in [0.05, 0.1) is 6.54 Å². The largest absolute Gasteiger partial charge is 0.492 e. The number of guanidine groups is 1. The fourth-order valence-corrected chi connectivity index (χ4v) is 2.90. The van der Waals surface area contributed by atoms with Crippen molar-refractivity contribution in [3.05, 3.63) is 29.8 Å². The van der Waals surface area contributed by atoms with Crippen LogP contribution in [0.25, 0.3) is 0 Å². The minimum atomic E-state index is 0. The Kier molecular flexibility index (Phi) is 11.2. The number of halogens is 1. The SMILES string of the molecule is CCNC(=NCc1cccc(OCCN(C)C)c1)N1CCN(C(C)=O)CC1.I. The molecular formula is C20H34IN5O2. The van der Waals surface area contributed by atoms with Crippen LogP contribution >= 0.6 is 24.0 Å². The molecule has 0 bridgehead atoms. The van der Waals surface area contributed by atoms with Crippen molar-refractivity contribution in [2.75, 3.05) is 60.0 Å². The van der Waals surface area contributed by atoms with E-state index < -0.39 is 0 Å². The first kappa shape index (κ1) is 24.5. The van der Waals surface area contributed by atoms with Crippen LogP contribution < -0.4 is 10.1 Å². The Labute approximate surface area is 186 Å². The van der Waals surface area contributed by atoms with E-state index in [1.165, 1.54) is 0 Å². The molecule has 1 aromatic carbocycles. The number of likely N-dealkylation sites (N-methyl/N-ethyl adjacent to an activating group) is 1. The van der Waals surface area contributed by atoms with Crippen LogP contribution in [0.4, 0.5) is 0 Å². The van der Waals surface area contributed by atoms with E-state index in [1.807, 2.05) is 31.1 Å². The van der Waals surface area contributed by atoms with Gasteiger partial charge >= 0.3 is 0 Å². The van der Waals surface area contributed by atoms with Gasteiger partial charge in [-0.1, -0.05) is 12.1 Å². The van der Waals surface area contributed by atoms with E-state index in [-0.39, 0.29) is 29.9 Å². The van der Waals surface area contributed by atoms with Crippen LogP contribution in [0.3, 0.4) is 0 Å². The molecular weight excluding hydrogens is 469 g/mol. The number of hydrogen-bond acceptors (Lipinski definition) is 4. The van der Waals surface area contributed by atoms with Gasteiger partial charge in [0.15, 0.2) is 5.96 Å². The van der Waals surface area contributed by atoms with Crippen molar-refractivity contribution in [1.82, 2.24) is 20.0 Å². The third-order valence-corrected chi connectivity index (χ3v) is 4.48. The molecule has 1 saturated heterocycles. The maximum atomic E-state index is 11.5. The highest BCUT2D eigenvalue weighted by Crippen LogP contribution is 2.14. The van der Waals surface area contributed by atoms with Gasteiger partial charge in [-0.2, -0.15) is 0 Å². The van der Waals surface area contributed by atoms with Crippen LogP contribution in [0.5, 0.6) is 5.75 Å². The molecule has 0 spiro atoms. The molecule has 28 heavy (non-hydrogen) atoms. The predicted molar refractivity (Wildman–Crippen MR) is 125 cm³/mol. The number of nitrogens with one attached hydrogen (secondary N) is 1. The fraction of sp³-hybridized carbons (Fsp3) is 0.600. The van der Waals surface area contributed by atoms with E-state index in [2.05, 4.69) is 34.2 Å². The molecule has 0 aliphatic carbocycles. The van der Waals surface area contributed by atoms with E-state index >= 15 is 0 Å². The molecule has 8 heteroatoms. The molecule has 7 nitrogen and oxygen atoms in total. The number of amides is 1. The Morgan fingerprint density at radius 2 is 1.89 bits per heavy atom. The Morgan fingerprint density at radius 3 is 2.50 bits per heavy atom. The molecule has 1 heterocycles.